The molecule has 6 nitrogen and oxygen atoms in total. The molecule has 1 fully saturated rings. The number of rotatable bonds is 5. The number of sulfone groups is 1. The van der Waals surface area contributed by atoms with Gasteiger partial charge in [-0.2, -0.15) is 5.10 Å². The molecule has 0 spiro atoms. The second-order valence-electron chi connectivity index (χ2n) is 7.18. The molecule has 4 rings (SSSR count). The van der Waals surface area contributed by atoms with Crippen LogP contribution in [-0.4, -0.2) is 47.3 Å². The molecule has 2 aromatic carbocycles. The first-order valence-corrected chi connectivity index (χ1v) is 11.3. The third kappa shape index (κ3) is 4.24. The van der Waals surface area contributed by atoms with Gasteiger partial charge in [-0.3, -0.25) is 9.48 Å². The van der Waals surface area contributed by atoms with E-state index >= 15 is 0 Å². The number of amides is 1. The summed E-state index contributed by atoms with van der Waals surface area (Å²) in [5.74, 6) is -0.518. The van der Waals surface area contributed by atoms with E-state index in [1.165, 1.54) is 28.9 Å². The lowest BCUT2D eigenvalue weighted by Crippen LogP contribution is -2.34. The highest BCUT2D eigenvalue weighted by Crippen LogP contribution is 2.25. The average Bonchev–Trinajstić information content (AvgIpc) is 3.39. The Morgan fingerprint density at radius 2 is 1.80 bits per heavy atom. The molecule has 1 saturated heterocycles. The minimum atomic E-state index is -3.54. The largest absolute Gasteiger partial charge is 0.340 e. The van der Waals surface area contributed by atoms with Gasteiger partial charge in [0.1, 0.15) is 12.4 Å². The van der Waals surface area contributed by atoms with Crippen LogP contribution in [0.2, 0.25) is 5.02 Å². The highest BCUT2D eigenvalue weighted by atomic mass is 35.5. The van der Waals surface area contributed by atoms with E-state index in [0.29, 0.717) is 18.0 Å². The molecule has 1 aromatic heterocycles. The molecule has 3 aromatic rings. The van der Waals surface area contributed by atoms with Gasteiger partial charge in [0.15, 0.2) is 9.84 Å². The number of likely N-dealkylation sites (tertiary alicyclic amines) is 1. The van der Waals surface area contributed by atoms with Crippen molar-refractivity contribution in [3.05, 3.63) is 71.8 Å². The number of hydrogen-bond donors (Lipinski definition) is 0. The number of nitrogens with zero attached hydrogens (tertiary/aromatic N) is 3. The second kappa shape index (κ2) is 8.20. The van der Waals surface area contributed by atoms with Crippen molar-refractivity contribution >= 4 is 27.3 Å². The maximum atomic E-state index is 13.1. The first-order valence-electron chi connectivity index (χ1n) is 9.38. The van der Waals surface area contributed by atoms with E-state index in [1.54, 1.807) is 41.6 Å². The molecule has 0 saturated carbocycles. The first kappa shape index (κ1) is 20.6. The summed E-state index contributed by atoms with van der Waals surface area (Å²) in [5.41, 5.74) is 1.57. The normalized spacial score (nSPS) is 16.7. The van der Waals surface area contributed by atoms with Gasteiger partial charge in [-0.25, -0.2) is 12.8 Å². The Balaban J connectivity index is 1.41. The van der Waals surface area contributed by atoms with Crippen LogP contribution in [0.15, 0.2) is 65.8 Å². The number of hydrogen-bond acceptors (Lipinski definition) is 4. The van der Waals surface area contributed by atoms with Gasteiger partial charge in [0, 0.05) is 29.9 Å². The van der Waals surface area contributed by atoms with Gasteiger partial charge in [-0.15, -0.1) is 0 Å². The monoisotopic (exact) mass is 447 g/mol. The number of carbonyl (C=O) groups excluding carboxylic acids is 1. The lowest BCUT2D eigenvalue weighted by Gasteiger charge is -2.17. The summed E-state index contributed by atoms with van der Waals surface area (Å²) in [6.45, 7) is 0.535. The summed E-state index contributed by atoms with van der Waals surface area (Å²) in [6, 6.07) is 12.1. The molecule has 1 unspecified atom stereocenters. The molecule has 1 aliphatic rings. The van der Waals surface area contributed by atoms with Crippen LogP contribution in [0.4, 0.5) is 4.39 Å². The summed E-state index contributed by atoms with van der Waals surface area (Å²) >= 11 is 5.84. The van der Waals surface area contributed by atoms with Gasteiger partial charge in [-0.05, 0) is 48.4 Å². The predicted molar refractivity (Wildman–Crippen MR) is 111 cm³/mol. The third-order valence-electron chi connectivity index (χ3n) is 5.19. The van der Waals surface area contributed by atoms with Crippen LogP contribution in [0.1, 0.15) is 6.42 Å². The topological polar surface area (TPSA) is 72.3 Å². The molecule has 1 aliphatic heterocycles. The quantitative estimate of drug-likeness (QED) is 0.600. The minimum absolute atomic E-state index is 0.00884. The van der Waals surface area contributed by atoms with E-state index in [4.69, 9.17) is 11.6 Å². The lowest BCUT2D eigenvalue weighted by molar-refractivity contribution is -0.130. The molecule has 30 heavy (non-hydrogen) atoms. The third-order valence-corrected chi connectivity index (χ3v) is 7.63. The summed E-state index contributed by atoms with van der Waals surface area (Å²) in [7, 11) is -3.54. The van der Waals surface area contributed by atoms with E-state index in [9.17, 15) is 17.6 Å². The number of benzene rings is 2. The van der Waals surface area contributed by atoms with Crippen LogP contribution in [0.3, 0.4) is 0 Å². The van der Waals surface area contributed by atoms with Gasteiger partial charge >= 0.3 is 0 Å². The van der Waals surface area contributed by atoms with Crippen LogP contribution < -0.4 is 0 Å². The molecule has 1 amide bonds. The number of halogens is 2. The summed E-state index contributed by atoms with van der Waals surface area (Å²) < 4.78 is 40.2. The van der Waals surface area contributed by atoms with Crippen LogP contribution in [0.5, 0.6) is 0 Å². The van der Waals surface area contributed by atoms with Gasteiger partial charge < -0.3 is 4.90 Å². The highest BCUT2D eigenvalue weighted by Gasteiger charge is 2.36. The Bertz CT molecular complexity index is 1160. The van der Waals surface area contributed by atoms with Gasteiger partial charge in [0.05, 0.1) is 16.3 Å². The van der Waals surface area contributed by atoms with E-state index < -0.39 is 15.1 Å². The molecule has 2 heterocycles. The Morgan fingerprint density at radius 1 is 1.10 bits per heavy atom. The van der Waals surface area contributed by atoms with Gasteiger partial charge in [0.25, 0.3) is 0 Å². The van der Waals surface area contributed by atoms with E-state index in [2.05, 4.69) is 5.10 Å². The molecule has 9 heteroatoms. The standard InChI is InChI=1S/C21H19ClFN3O3S/c22-17-3-7-19(8-4-17)30(28,29)20-9-10-25(13-20)21(27)14-26-12-16(11-24-26)15-1-5-18(23)6-2-15/h1-8,11-12,20H,9-10,13-14H2. The number of aromatic nitrogens is 2. The lowest BCUT2D eigenvalue weighted by atomic mass is 10.1. The van der Waals surface area contributed by atoms with Crippen molar-refractivity contribution in [2.75, 3.05) is 13.1 Å². The van der Waals surface area contributed by atoms with Crippen molar-refractivity contribution in [1.29, 1.82) is 0 Å². The Kier molecular flexibility index (Phi) is 5.62. The fraction of sp³-hybridized carbons (Fsp3) is 0.238. The van der Waals surface area contributed by atoms with Gasteiger partial charge in [0.2, 0.25) is 5.91 Å². The molecular formula is C21H19ClFN3O3S. The zero-order valence-electron chi connectivity index (χ0n) is 15.9. The van der Waals surface area contributed by atoms with Crippen molar-refractivity contribution < 1.29 is 17.6 Å². The average molecular weight is 448 g/mol. The fourth-order valence-electron chi connectivity index (χ4n) is 3.50. The Morgan fingerprint density at radius 3 is 2.50 bits per heavy atom. The molecular weight excluding hydrogens is 429 g/mol. The van der Waals surface area contributed by atoms with Crippen molar-refractivity contribution in [1.82, 2.24) is 14.7 Å². The Labute approximate surface area is 178 Å². The SMILES string of the molecule is O=C(Cn1cc(-c2ccc(F)cc2)cn1)N1CCC(S(=O)(=O)c2ccc(Cl)cc2)C1. The van der Waals surface area contributed by atoms with Crippen LogP contribution in [-0.2, 0) is 21.2 Å². The van der Waals surface area contributed by atoms with Gasteiger partial charge in [-0.1, -0.05) is 23.7 Å². The molecule has 0 radical (unpaired) electrons. The van der Waals surface area contributed by atoms with E-state index in [-0.39, 0.29) is 29.7 Å². The molecule has 1 atom stereocenters. The predicted octanol–water partition coefficient (Wildman–Crippen LogP) is 3.42. The van der Waals surface area contributed by atoms with Crippen molar-refractivity contribution in [2.24, 2.45) is 0 Å². The minimum Gasteiger partial charge on any atom is -0.340 e. The molecule has 156 valence electrons. The fourth-order valence-corrected chi connectivity index (χ4v) is 5.32. The van der Waals surface area contributed by atoms with Crippen molar-refractivity contribution in [3.8, 4) is 11.1 Å². The van der Waals surface area contributed by atoms with Crippen LogP contribution >= 0.6 is 11.6 Å². The highest BCUT2D eigenvalue weighted by molar-refractivity contribution is 7.92. The van der Waals surface area contributed by atoms with Crippen LogP contribution in [0.25, 0.3) is 11.1 Å². The molecule has 0 bridgehead atoms. The van der Waals surface area contributed by atoms with E-state index in [1.807, 2.05) is 0 Å². The second-order valence-corrected chi connectivity index (χ2v) is 9.85. The summed E-state index contributed by atoms with van der Waals surface area (Å²) in [6.07, 6.45) is 3.71. The maximum Gasteiger partial charge on any atom is 0.244 e. The van der Waals surface area contributed by atoms with Crippen LogP contribution in [0, 0.1) is 5.82 Å². The van der Waals surface area contributed by atoms with Crippen molar-refractivity contribution in [3.63, 3.8) is 0 Å². The molecule has 0 aliphatic carbocycles. The van der Waals surface area contributed by atoms with E-state index in [0.717, 1.165) is 11.1 Å². The maximum absolute atomic E-state index is 13.1. The summed E-state index contributed by atoms with van der Waals surface area (Å²) in [4.78, 5) is 14.4. The summed E-state index contributed by atoms with van der Waals surface area (Å²) in [5, 5.41) is 4.02. The number of carbonyl (C=O) groups is 1. The first-order chi connectivity index (χ1) is 14.3. The zero-order valence-corrected chi connectivity index (χ0v) is 17.5. The Hall–Kier alpha value is -2.71. The smallest absolute Gasteiger partial charge is 0.244 e. The van der Waals surface area contributed by atoms with Crippen molar-refractivity contribution in [2.45, 2.75) is 23.1 Å². The molecule has 0 N–H and O–H groups in total. The zero-order chi connectivity index (χ0) is 21.3.